The fourth-order valence-electron chi connectivity index (χ4n) is 1.57. The van der Waals surface area contributed by atoms with Gasteiger partial charge in [-0.15, -0.1) is 0 Å². The molecular formula is C12H22ClN3O. The quantitative estimate of drug-likeness (QED) is 0.901. The average Bonchev–Trinajstić information content (AvgIpc) is 2.41. The van der Waals surface area contributed by atoms with Gasteiger partial charge in [-0.25, -0.2) is 0 Å². The summed E-state index contributed by atoms with van der Waals surface area (Å²) in [6.45, 7) is 8.45. The highest BCUT2D eigenvalue weighted by Gasteiger charge is 2.17. The number of rotatable bonds is 4. The van der Waals surface area contributed by atoms with Crippen LogP contribution >= 0.6 is 11.6 Å². The summed E-state index contributed by atoms with van der Waals surface area (Å²) >= 11 is 6.17. The Kier molecular flexibility index (Phi) is 4.58. The summed E-state index contributed by atoms with van der Waals surface area (Å²) in [5, 5.41) is 4.97. The Balaban J connectivity index is 2.59. The monoisotopic (exact) mass is 259 g/mol. The fraction of sp³-hybridized carbons (Fsp3) is 0.750. The lowest BCUT2D eigenvalue weighted by Gasteiger charge is -2.22. The van der Waals surface area contributed by atoms with Crippen molar-refractivity contribution in [1.29, 1.82) is 0 Å². The summed E-state index contributed by atoms with van der Waals surface area (Å²) in [6, 6.07) is -0.0680. The van der Waals surface area contributed by atoms with Crippen molar-refractivity contribution < 1.29 is 4.74 Å². The first-order valence-electron chi connectivity index (χ1n) is 5.78. The first kappa shape index (κ1) is 14.5. The zero-order chi connectivity index (χ0) is 13.2. The molecule has 0 fully saturated rings. The Labute approximate surface area is 108 Å². The molecule has 0 aromatic carbocycles. The number of halogens is 1. The molecule has 0 saturated heterocycles. The molecule has 1 heterocycles. The van der Waals surface area contributed by atoms with E-state index in [0.717, 1.165) is 11.4 Å². The smallest absolute Gasteiger partial charge is 0.0847 e. The number of aryl methyl sites for hydroxylation is 2. The molecule has 0 bridgehead atoms. The highest BCUT2D eigenvalue weighted by molar-refractivity contribution is 6.31. The molecule has 0 amide bonds. The molecule has 0 aliphatic carbocycles. The van der Waals surface area contributed by atoms with E-state index in [4.69, 9.17) is 22.1 Å². The molecular weight excluding hydrogens is 238 g/mol. The van der Waals surface area contributed by atoms with Gasteiger partial charge in [-0.2, -0.15) is 5.10 Å². The van der Waals surface area contributed by atoms with E-state index in [0.29, 0.717) is 18.1 Å². The van der Waals surface area contributed by atoms with E-state index >= 15 is 0 Å². The largest absolute Gasteiger partial charge is 0.374 e. The molecule has 5 heteroatoms. The third-order valence-electron chi connectivity index (χ3n) is 2.45. The van der Waals surface area contributed by atoms with Gasteiger partial charge >= 0.3 is 0 Å². The van der Waals surface area contributed by atoms with Crippen molar-refractivity contribution in [3.8, 4) is 0 Å². The van der Waals surface area contributed by atoms with Crippen molar-refractivity contribution >= 4 is 11.6 Å². The highest BCUT2D eigenvalue weighted by Crippen LogP contribution is 2.20. The van der Waals surface area contributed by atoms with Crippen LogP contribution in [0.4, 0.5) is 0 Å². The third-order valence-corrected chi connectivity index (χ3v) is 2.94. The lowest BCUT2D eigenvalue weighted by molar-refractivity contribution is -0.00999. The second-order valence-corrected chi connectivity index (χ2v) is 5.74. The van der Waals surface area contributed by atoms with Gasteiger partial charge in [0.25, 0.3) is 0 Å². The first-order valence-corrected chi connectivity index (χ1v) is 6.16. The molecule has 1 atom stereocenters. The zero-order valence-electron chi connectivity index (χ0n) is 11.2. The number of hydrogen-bond acceptors (Lipinski definition) is 3. The normalized spacial score (nSPS) is 14.1. The zero-order valence-corrected chi connectivity index (χ0v) is 12.0. The van der Waals surface area contributed by atoms with Crippen molar-refractivity contribution in [2.24, 2.45) is 12.8 Å². The molecule has 1 aromatic heterocycles. The van der Waals surface area contributed by atoms with Gasteiger partial charge in [0.05, 0.1) is 28.6 Å². The van der Waals surface area contributed by atoms with Crippen molar-refractivity contribution in [2.75, 3.05) is 6.61 Å². The summed E-state index contributed by atoms with van der Waals surface area (Å²) in [6.07, 6.45) is 0.673. The minimum absolute atomic E-state index is 0.0680. The molecule has 4 nitrogen and oxygen atoms in total. The Morgan fingerprint density at radius 2 is 2.06 bits per heavy atom. The number of aromatic nitrogens is 2. The van der Waals surface area contributed by atoms with Gasteiger partial charge in [0.2, 0.25) is 0 Å². The van der Waals surface area contributed by atoms with Crippen LogP contribution in [0.15, 0.2) is 0 Å². The number of nitrogens with zero attached hydrogens (tertiary/aromatic N) is 2. The minimum atomic E-state index is -0.163. The first-order chi connectivity index (χ1) is 7.70. The van der Waals surface area contributed by atoms with E-state index < -0.39 is 0 Å². The van der Waals surface area contributed by atoms with Crippen LogP contribution in [-0.2, 0) is 18.2 Å². The standard InChI is InChI=1S/C12H22ClN3O/c1-8-11(13)10(16(5)15-8)6-9(14)7-17-12(2,3)4/h9H,6-7,14H2,1-5H3. The summed E-state index contributed by atoms with van der Waals surface area (Å²) < 4.78 is 7.44. The van der Waals surface area contributed by atoms with Crippen molar-refractivity contribution in [1.82, 2.24) is 9.78 Å². The van der Waals surface area contributed by atoms with Crippen molar-refractivity contribution in [3.63, 3.8) is 0 Å². The van der Waals surface area contributed by atoms with Crippen molar-refractivity contribution in [3.05, 3.63) is 16.4 Å². The molecule has 0 spiro atoms. The van der Waals surface area contributed by atoms with Crippen molar-refractivity contribution in [2.45, 2.75) is 45.8 Å². The molecule has 98 valence electrons. The molecule has 0 radical (unpaired) electrons. The third kappa shape index (κ3) is 4.30. The van der Waals surface area contributed by atoms with Gasteiger partial charge in [0.1, 0.15) is 0 Å². The highest BCUT2D eigenvalue weighted by atomic mass is 35.5. The molecule has 0 saturated carbocycles. The van der Waals surface area contributed by atoms with E-state index in [1.165, 1.54) is 0 Å². The van der Waals surface area contributed by atoms with Gasteiger partial charge in [-0.3, -0.25) is 4.68 Å². The van der Waals surface area contributed by atoms with Crippen LogP contribution < -0.4 is 5.73 Å². The van der Waals surface area contributed by atoms with E-state index in [9.17, 15) is 0 Å². The van der Waals surface area contributed by atoms with Gasteiger partial charge in [0.15, 0.2) is 0 Å². The molecule has 0 aliphatic heterocycles. The lowest BCUT2D eigenvalue weighted by atomic mass is 10.1. The van der Waals surface area contributed by atoms with E-state index in [-0.39, 0.29) is 11.6 Å². The van der Waals surface area contributed by atoms with E-state index in [1.54, 1.807) is 4.68 Å². The van der Waals surface area contributed by atoms with Crippen LogP contribution in [0.3, 0.4) is 0 Å². The molecule has 0 aliphatic rings. The molecule has 1 aromatic rings. The summed E-state index contributed by atoms with van der Waals surface area (Å²) in [5.41, 5.74) is 7.68. The summed E-state index contributed by atoms with van der Waals surface area (Å²) in [5.74, 6) is 0. The van der Waals surface area contributed by atoms with Crippen LogP contribution in [0, 0.1) is 6.92 Å². The molecule has 1 unspecified atom stereocenters. The Bertz CT molecular complexity index is 382. The molecule has 17 heavy (non-hydrogen) atoms. The minimum Gasteiger partial charge on any atom is -0.374 e. The molecule has 2 N–H and O–H groups in total. The lowest BCUT2D eigenvalue weighted by Crippen LogP contribution is -2.34. The second-order valence-electron chi connectivity index (χ2n) is 5.36. The fourth-order valence-corrected chi connectivity index (χ4v) is 1.80. The summed E-state index contributed by atoms with van der Waals surface area (Å²) in [4.78, 5) is 0. The second kappa shape index (κ2) is 5.38. The number of ether oxygens (including phenoxy) is 1. The topological polar surface area (TPSA) is 53.1 Å². The van der Waals surface area contributed by atoms with Crippen LogP contribution in [0.25, 0.3) is 0 Å². The van der Waals surface area contributed by atoms with Gasteiger partial charge in [-0.05, 0) is 27.7 Å². The Hall–Kier alpha value is -0.580. The van der Waals surface area contributed by atoms with Crippen LogP contribution in [0.2, 0.25) is 5.02 Å². The molecule has 1 rings (SSSR count). The predicted molar refractivity (Wildman–Crippen MR) is 70.3 cm³/mol. The number of hydrogen-bond donors (Lipinski definition) is 1. The Morgan fingerprint density at radius 1 is 1.47 bits per heavy atom. The van der Waals surface area contributed by atoms with Gasteiger partial charge < -0.3 is 10.5 Å². The van der Waals surface area contributed by atoms with E-state index in [1.807, 2.05) is 34.7 Å². The average molecular weight is 260 g/mol. The maximum atomic E-state index is 6.17. The van der Waals surface area contributed by atoms with E-state index in [2.05, 4.69) is 5.10 Å². The maximum absolute atomic E-state index is 6.17. The predicted octanol–water partition coefficient (Wildman–Crippen LogP) is 2.07. The van der Waals surface area contributed by atoms with Gasteiger partial charge in [-0.1, -0.05) is 11.6 Å². The summed E-state index contributed by atoms with van der Waals surface area (Å²) in [7, 11) is 1.88. The van der Waals surface area contributed by atoms with Crippen LogP contribution in [0.1, 0.15) is 32.2 Å². The SMILES string of the molecule is Cc1nn(C)c(CC(N)COC(C)(C)C)c1Cl. The van der Waals surface area contributed by atoms with Crippen LogP contribution in [0.5, 0.6) is 0 Å². The van der Waals surface area contributed by atoms with Gasteiger partial charge in [0, 0.05) is 19.5 Å². The van der Waals surface area contributed by atoms with Crippen LogP contribution in [-0.4, -0.2) is 28.0 Å². The Morgan fingerprint density at radius 3 is 2.47 bits per heavy atom. The maximum Gasteiger partial charge on any atom is 0.0847 e. The number of nitrogens with two attached hydrogens (primary N) is 1.